The quantitative estimate of drug-likeness (QED) is 0.609. The Bertz CT molecular complexity index is 821. The van der Waals surface area contributed by atoms with E-state index in [-0.39, 0.29) is 26.9 Å². The predicted molar refractivity (Wildman–Crippen MR) is 89.4 cm³/mol. The second-order valence-corrected chi connectivity index (χ2v) is 5.87. The summed E-state index contributed by atoms with van der Waals surface area (Å²) in [6.45, 7) is 0. The van der Waals surface area contributed by atoms with E-state index >= 15 is 0 Å². The van der Waals surface area contributed by atoms with Gasteiger partial charge in [0.05, 0.1) is 26.6 Å². The lowest BCUT2D eigenvalue weighted by atomic mass is 10.0. The number of amides is 1. The van der Waals surface area contributed by atoms with E-state index in [9.17, 15) is 24.8 Å². The summed E-state index contributed by atoms with van der Waals surface area (Å²) in [5.74, 6) is -2.13. The highest BCUT2D eigenvalue weighted by Crippen LogP contribution is 2.26. The van der Waals surface area contributed by atoms with Gasteiger partial charge in [-0.2, -0.15) is 0 Å². The summed E-state index contributed by atoms with van der Waals surface area (Å²) in [5, 5.41) is 24.6. The summed E-state index contributed by atoms with van der Waals surface area (Å²) < 4.78 is 0. The average molecular weight is 382 g/mol. The first-order chi connectivity index (χ1) is 11.8. The van der Waals surface area contributed by atoms with Gasteiger partial charge in [-0.3, -0.25) is 14.9 Å². The summed E-state index contributed by atoms with van der Waals surface area (Å²) in [6.07, 6.45) is -0.574. The number of carbonyl (C=O) groups excluding carboxylic acids is 2. The van der Waals surface area contributed by atoms with Crippen molar-refractivity contribution in [1.29, 1.82) is 0 Å². The molecule has 25 heavy (non-hydrogen) atoms. The van der Waals surface area contributed by atoms with Crippen LogP contribution in [-0.2, 0) is 4.79 Å². The minimum absolute atomic E-state index is 0.0142. The largest absolute Gasteiger partial charge is 0.550 e. The van der Waals surface area contributed by atoms with Crippen molar-refractivity contribution in [2.45, 2.75) is 12.5 Å². The molecule has 7 nitrogen and oxygen atoms in total. The van der Waals surface area contributed by atoms with Crippen LogP contribution in [0.4, 0.5) is 5.69 Å². The number of benzene rings is 2. The van der Waals surface area contributed by atoms with Gasteiger partial charge in [0.15, 0.2) is 0 Å². The zero-order valence-corrected chi connectivity index (χ0v) is 14.1. The molecule has 2 aromatic carbocycles. The van der Waals surface area contributed by atoms with Gasteiger partial charge in [-0.15, -0.1) is 0 Å². The molecule has 0 radical (unpaired) electrons. The summed E-state index contributed by atoms with van der Waals surface area (Å²) >= 11 is 11.9. The van der Waals surface area contributed by atoms with E-state index in [1.807, 2.05) is 0 Å². The Kier molecular flexibility index (Phi) is 5.95. The first-order valence-electron chi connectivity index (χ1n) is 6.98. The number of nitro groups is 1. The van der Waals surface area contributed by atoms with Crippen LogP contribution in [0.25, 0.3) is 0 Å². The molecule has 0 aliphatic heterocycles. The third-order valence-corrected chi connectivity index (χ3v) is 3.98. The lowest BCUT2D eigenvalue weighted by molar-refractivity contribution is -0.385. The van der Waals surface area contributed by atoms with Gasteiger partial charge in [0.2, 0.25) is 0 Å². The van der Waals surface area contributed by atoms with Gasteiger partial charge in [-0.05, 0) is 17.7 Å². The summed E-state index contributed by atoms with van der Waals surface area (Å²) in [6, 6.07) is 8.73. The fourth-order valence-electron chi connectivity index (χ4n) is 2.22. The first kappa shape index (κ1) is 18.7. The molecule has 2 rings (SSSR count). The Balaban J connectivity index is 2.35. The molecule has 2 aromatic rings. The number of rotatable bonds is 6. The Morgan fingerprint density at radius 2 is 1.72 bits per heavy atom. The number of carboxylic acids is 1. The van der Waals surface area contributed by atoms with Crippen molar-refractivity contribution >= 4 is 40.8 Å². The van der Waals surface area contributed by atoms with E-state index in [2.05, 4.69) is 5.32 Å². The zero-order chi connectivity index (χ0) is 18.6. The van der Waals surface area contributed by atoms with Crippen molar-refractivity contribution in [1.82, 2.24) is 5.32 Å². The number of nitro benzene ring substituents is 1. The molecular formula is C16H11Cl2N2O5-. The van der Waals surface area contributed by atoms with E-state index in [1.54, 1.807) is 6.07 Å². The number of non-ortho nitro benzene ring substituents is 1. The fraction of sp³-hybridized carbons (Fsp3) is 0.125. The predicted octanol–water partition coefficient (Wildman–Crippen LogP) is 2.51. The smallest absolute Gasteiger partial charge is 0.269 e. The number of hydrogen-bond acceptors (Lipinski definition) is 5. The SMILES string of the molecule is O=C([O-])C[C@H](NC(=O)c1c(Cl)cccc1Cl)c1cccc([N+](=O)[O-])c1. The number of carboxylic acid groups (broad SMARTS) is 1. The van der Waals surface area contributed by atoms with Crippen LogP contribution in [-0.4, -0.2) is 16.8 Å². The number of halogens is 2. The number of carbonyl (C=O) groups is 2. The molecule has 130 valence electrons. The number of nitrogens with one attached hydrogen (secondary N) is 1. The molecule has 0 aliphatic carbocycles. The minimum Gasteiger partial charge on any atom is -0.550 e. The van der Waals surface area contributed by atoms with Crippen LogP contribution < -0.4 is 10.4 Å². The molecule has 0 fully saturated rings. The van der Waals surface area contributed by atoms with Crippen LogP contribution >= 0.6 is 23.2 Å². The Morgan fingerprint density at radius 1 is 1.12 bits per heavy atom. The van der Waals surface area contributed by atoms with Gasteiger partial charge < -0.3 is 15.2 Å². The molecule has 0 bridgehead atoms. The number of nitrogens with zero attached hydrogens (tertiary/aromatic N) is 1. The van der Waals surface area contributed by atoms with Crippen molar-refractivity contribution in [3.8, 4) is 0 Å². The molecule has 0 saturated heterocycles. The van der Waals surface area contributed by atoms with Crippen LogP contribution in [0.15, 0.2) is 42.5 Å². The van der Waals surface area contributed by atoms with E-state index in [4.69, 9.17) is 23.2 Å². The maximum atomic E-state index is 12.4. The van der Waals surface area contributed by atoms with Gasteiger partial charge in [0, 0.05) is 24.5 Å². The van der Waals surface area contributed by atoms with Crippen molar-refractivity contribution in [3.63, 3.8) is 0 Å². The molecule has 1 atom stereocenters. The summed E-state index contributed by atoms with van der Waals surface area (Å²) in [5.41, 5.74) is 0.000381. The van der Waals surface area contributed by atoms with Crippen molar-refractivity contribution in [2.75, 3.05) is 0 Å². The molecule has 1 N–H and O–H groups in total. The number of hydrogen-bond donors (Lipinski definition) is 1. The van der Waals surface area contributed by atoms with Crippen LogP contribution in [0, 0.1) is 10.1 Å². The van der Waals surface area contributed by atoms with Crippen LogP contribution in [0.1, 0.15) is 28.4 Å². The highest BCUT2D eigenvalue weighted by molar-refractivity contribution is 6.39. The third-order valence-electron chi connectivity index (χ3n) is 3.35. The second kappa shape index (κ2) is 7.96. The lowest BCUT2D eigenvalue weighted by Crippen LogP contribution is -2.34. The van der Waals surface area contributed by atoms with Gasteiger partial charge in [0.25, 0.3) is 11.6 Å². The third kappa shape index (κ3) is 4.68. The van der Waals surface area contributed by atoms with Gasteiger partial charge in [-0.25, -0.2) is 0 Å². The fourth-order valence-corrected chi connectivity index (χ4v) is 2.79. The minimum atomic E-state index is -1.43. The molecule has 0 heterocycles. The van der Waals surface area contributed by atoms with Gasteiger partial charge in [-0.1, -0.05) is 41.4 Å². The van der Waals surface area contributed by atoms with Crippen molar-refractivity contribution < 1.29 is 19.6 Å². The summed E-state index contributed by atoms with van der Waals surface area (Å²) in [7, 11) is 0. The van der Waals surface area contributed by atoms with Crippen LogP contribution in [0.3, 0.4) is 0 Å². The summed E-state index contributed by atoms with van der Waals surface area (Å²) in [4.78, 5) is 33.7. The molecule has 0 spiro atoms. The highest BCUT2D eigenvalue weighted by Gasteiger charge is 2.21. The monoisotopic (exact) mass is 381 g/mol. The van der Waals surface area contributed by atoms with Crippen molar-refractivity contribution in [2.24, 2.45) is 0 Å². The van der Waals surface area contributed by atoms with Crippen LogP contribution in [0.5, 0.6) is 0 Å². The van der Waals surface area contributed by atoms with E-state index < -0.39 is 29.3 Å². The first-order valence-corrected chi connectivity index (χ1v) is 7.74. The van der Waals surface area contributed by atoms with Gasteiger partial charge >= 0.3 is 0 Å². The molecule has 0 unspecified atom stereocenters. The normalized spacial score (nSPS) is 11.6. The number of aliphatic carboxylic acids is 1. The van der Waals surface area contributed by atoms with Crippen LogP contribution in [0.2, 0.25) is 10.0 Å². The topological polar surface area (TPSA) is 112 Å². The van der Waals surface area contributed by atoms with Crippen molar-refractivity contribution in [3.05, 3.63) is 73.8 Å². The zero-order valence-electron chi connectivity index (χ0n) is 12.6. The molecule has 9 heteroatoms. The highest BCUT2D eigenvalue weighted by atomic mass is 35.5. The Hall–Kier alpha value is -2.64. The molecular weight excluding hydrogens is 371 g/mol. The molecule has 0 saturated carbocycles. The molecule has 1 amide bonds. The lowest BCUT2D eigenvalue weighted by Gasteiger charge is -2.20. The van der Waals surface area contributed by atoms with E-state index in [1.165, 1.54) is 36.4 Å². The maximum absolute atomic E-state index is 12.4. The maximum Gasteiger partial charge on any atom is 0.269 e. The Labute approximate surface area is 152 Å². The Morgan fingerprint density at radius 3 is 2.28 bits per heavy atom. The van der Waals surface area contributed by atoms with Gasteiger partial charge in [0.1, 0.15) is 0 Å². The van der Waals surface area contributed by atoms with E-state index in [0.29, 0.717) is 0 Å². The molecule has 0 aliphatic rings. The standard InChI is InChI=1S/C16H12Cl2N2O5/c17-11-5-2-6-12(18)15(11)16(23)19-13(8-14(21)22)9-3-1-4-10(7-9)20(24)25/h1-7,13H,8H2,(H,19,23)(H,21,22)/p-1/t13-/m0/s1. The second-order valence-electron chi connectivity index (χ2n) is 5.05. The van der Waals surface area contributed by atoms with E-state index in [0.717, 1.165) is 0 Å². The molecule has 0 aromatic heterocycles. The average Bonchev–Trinajstić information content (AvgIpc) is 2.53.